The Labute approximate surface area is 135 Å². The molecule has 0 aliphatic heterocycles. The Morgan fingerprint density at radius 1 is 1.29 bits per heavy atom. The zero-order chi connectivity index (χ0) is 14.8. The Hall–Kier alpha value is -1.43. The number of pyridine rings is 1. The van der Waals surface area contributed by atoms with Crippen LogP contribution >= 0.6 is 27.3 Å². The fourth-order valence-corrected chi connectivity index (χ4v) is 3.76. The smallest absolute Gasteiger partial charge is 0.148 e. The number of nitrogens with zero attached hydrogens (tertiary/aromatic N) is 1. The third-order valence-electron chi connectivity index (χ3n) is 3.19. The van der Waals surface area contributed by atoms with Gasteiger partial charge in [-0.15, -0.1) is 11.3 Å². The highest BCUT2D eigenvalue weighted by atomic mass is 79.9. The van der Waals surface area contributed by atoms with Gasteiger partial charge in [0.15, 0.2) is 0 Å². The van der Waals surface area contributed by atoms with E-state index in [1.165, 1.54) is 0 Å². The van der Waals surface area contributed by atoms with E-state index in [4.69, 9.17) is 10.5 Å². The second-order valence-corrected chi connectivity index (χ2v) is 6.78. The van der Waals surface area contributed by atoms with E-state index in [2.05, 4.69) is 27.0 Å². The number of aromatic nitrogens is 1. The van der Waals surface area contributed by atoms with E-state index in [-0.39, 0.29) is 12.1 Å². The number of fused-ring (bicyclic) bond motifs is 1. The van der Waals surface area contributed by atoms with Crippen LogP contribution in [0.2, 0.25) is 0 Å². The Morgan fingerprint density at radius 2 is 2.14 bits per heavy atom. The summed E-state index contributed by atoms with van der Waals surface area (Å²) >= 11 is 5.11. The summed E-state index contributed by atoms with van der Waals surface area (Å²) in [6.07, 6.45) is 1.62. The number of halogens is 1. The van der Waals surface area contributed by atoms with E-state index in [0.29, 0.717) is 0 Å². The number of rotatable bonds is 4. The van der Waals surface area contributed by atoms with Gasteiger partial charge in [0.1, 0.15) is 11.9 Å². The van der Waals surface area contributed by atoms with Crippen LogP contribution in [-0.4, -0.2) is 11.0 Å². The van der Waals surface area contributed by atoms with Crippen LogP contribution in [0.3, 0.4) is 0 Å². The molecule has 2 unspecified atom stereocenters. The molecule has 3 rings (SSSR count). The molecule has 1 aromatic carbocycles. The Morgan fingerprint density at radius 3 is 2.86 bits per heavy atom. The summed E-state index contributed by atoms with van der Waals surface area (Å²) in [7, 11) is 0. The first-order valence-electron chi connectivity index (χ1n) is 6.64. The largest absolute Gasteiger partial charge is 0.483 e. The van der Waals surface area contributed by atoms with Crippen molar-refractivity contribution in [3.8, 4) is 5.75 Å². The van der Waals surface area contributed by atoms with Gasteiger partial charge < -0.3 is 10.5 Å². The van der Waals surface area contributed by atoms with Gasteiger partial charge in [-0.05, 0) is 47.1 Å². The lowest BCUT2D eigenvalue weighted by Gasteiger charge is -2.21. The first-order chi connectivity index (χ1) is 10.1. The number of hydrogen-bond donors (Lipinski definition) is 1. The number of hydrogen-bond acceptors (Lipinski definition) is 4. The molecular weight excluding hydrogens is 348 g/mol. The number of benzene rings is 1. The maximum Gasteiger partial charge on any atom is 0.148 e. The molecule has 0 saturated heterocycles. The van der Waals surface area contributed by atoms with Crippen molar-refractivity contribution in [3.63, 3.8) is 0 Å². The first kappa shape index (κ1) is 14.5. The van der Waals surface area contributed by atoms with E-state index in [9.17, 15) is 0 Å². The molecule has 21 heavy (non-hydrogen) atoms. The van der Waals surface area contributed by atoms with Crippen LogP contribution in [0.5, 0.6) is 5.75 Å². The average Bonchev–Trinajstić information content (AvgIpc) is 2.90. The fraction of sp³-hybridized carbons (Fsp3) is 0.188. The predicted octanol–water partition coefficient (Wildman–Crippen LogP) is 4.53. The molecule has 0 aliphatic rings. The van der Waals surface area contributed by atoms with Gasteiger partial charge in [-0.25, -0.2) is 0 Å². The number of ether oxygens (including phenoxy) is 1. The summed E-state index contributed by atoms with van der Waals surface area (Å²) in [5.41, 5.74) is 7.01. The molecule has 5 heteroatoms. The number of nitrogens with two attached hydrogens (primary N) is 1. The van der Waals surface area contributed by atoms with Gasteiger partial charge in [0, 0.05) is 38.4 Å². The van der Waals surface area contributed by atoms with Crippen molar-refractivity contribution in [1.29, 1.82) is 0 Å². The molecule has 2 N–H and O–H groups in total. The summed E-state index contributed by atoms with van der Waals surface area (Å²) in [5, 5.41) is 3.14. The molecule has 0 saturated carbocycles. The lowest BCUT2D eigenvalue weighted by Crippen LogP contribution is -2.28. The van der Waals surface area contributed by atoms with Crippen LogP contribution in [-0.2, 0) is 0 Å². The normalized spacial score (nSPS) is 14.0. The fourth-order valence-electron chi connectivity index (χ4n) is 2.17. The van der Waals surface area contributed by atoms with Crippen molar-refractivity contribution in [3.05, 3.63) is 57.3 Å². The van der Waals surface area contributed by atoms with Gasteiger partial charge in [0.2, 0.25) is 0 Å². The molecule has 0 bridgehead atoms. The van der Waals surface area contributed by atoms with Gasteiger partial charge >= 0.3 is 0 Å². The van der Waals surface area contributed by atoms with Crippen LogP contribution in [0, 0.1) is 0 Å². The average molecular weight is 363 g/mol. The second kappa shape index (κ2) is 6.13. The van der Waals surface area contributed by atoms with Crippen LogP contribution < -0.4 is 10.5 Å². The maximum atomic E-state index is 6.11. The molecule has 0 spiro atoms. The molecule has 108 valence electrons. The van der Waals surface area contributed by atoms with Gasteiger partial charge in [-0.1, -0.05) is 6.07 Å². The van der Waals surface area contributed by atoms with Gasteiger partial charge in [-0.3, -0.25) is 4.98 Å². The Kier molecular flexibility index (Phi) is 4.24. The lowest BCUT2D eigenvalue weighted by molar-refractivity contribution is 0.184. The zero-order valence-corrected chi connectivity index (χ0v) is 13.9. The van der Waals surface area contributed by atoms with Crippen LogP contribution in [0.25, 0.3) is 10.9 Å². The van der Waals surface area contributed by atoms with Crippen molar-refractivity contribution in [2.45, 2.75) is 19.1 Å². The maximum absolute atomic E-state index is 6.11. The highest BCUT2D eigenvalue weighted by molar-refractivity contribution is 9.10. The third-order valence-corrected chi connectivity index (χ3v) is 4.94. The standard InChI is InChI=1S/C16H15BrN2OS/c1-10(18)16(15-7-12(17)9-21-15)20-13-5-4-11-3-2-6-19-14(11)8-13/h2-10,16H,18H2,1H3. The minimum absolute atomic E-state index is 0.102. The minimum Gasteiger partial charge on any atom is -0.483 e. The zero-order valence-electron chi connectivity index (χ0n) is 11.5. The molecule has 2 heterocycles. The van der Waals surface area contributed by atoms with E-state index < -0.39 is 0 Å². The molecule has 0 radical (unpaired) electrons. The Bertz CT molecular complexity index is 757. The molecule has 2 aromatic heterocycles. The van der Waals surface area contributed by atoms with E-state index >= 15 is 0 Å². The summed E-state index contributed by atoms with van der Waals surface area (Å²) in [5.74, 6) is 0.785. The molecule has 0 amide bonds. The van der Waals surface area contributed by atoms with Crippen molar-refractivity contribution < 1.29 is 4.74 Å². The Balaban J connectivity index is 1.90. The predicted molar refractivity (Wildman–Crippen MR) is 90.8 cm³/mol. The summed E-state index contributed by atoms with van der Waals surface area (Å²) < 4.78 is 7.16. The monoisotopic (exact) mass is 362 g/mol. The quantitative estimate of drug-likeness (QED) is 0.741. The third kappa shape index (κ3) is 3.26. The van der Waals surface area contributed by atoms with Crippen molar-refractivity contribution in [2.75, 3.05) is 0 Å². The van der Waals surface area contributed by atoms with Gasteiger partial charge in [-0.2, -0.15) is 0 Å². The van der Waals surface area contributed by atoms with Crippen molar-refractivity contribution >= 4 is 38.2 Å². The van der Waals surface area contributed by atoms with E-state index in [0.717, 1.165) is 26.0 Å². The van der Waals surface area contributed by atoms with E-state index in [1.54, 1.807) is 17.5 Å². The lowest BCUT2D eigenvalue weighted by atomic mass is 10.1. The van der Waals surface area contributed by atoms with Crippen molar-refractivity contribution in [1.82, 2.24) is 4.98 Å². The van der Waals surface area contributed by atoms with Gasteiger partial charge in [0.05, 0.1) is 5.52 Å². The van der Waals surface area contributed by atoms with Crippen molar-refractivity contribution in [2.24, 2.45) is 5.73 Å². The molecule has 0 fully saturated rings. The van der Waals surface area contributed by atoms with Gasteiger partial charge in [0.25, 0.3) is 0 Å². The summed E-state index contributed by atoms with van der Waals surface area (Å²) in [6.45, 7) is 1.96. The second-order valence-electron chi connectivity index (χ2n) is 4.92. The molecule has 3 nitrogen and oxygen atoms in total. The molecule has 2 atom stereocenters. The molecule has 3 aromatic rings. The summed E-state index contributed by atoms with van der Waals surface area (Å²) in [4.78, 5) is 5.46. The van der Waals surface area contributed by atoms with Crippen LogP contribution in [0.15, 0.2) is 52.4 Å². The summed E-state index contributed by atoms with van der Waals surface area (Å²) in [6, 6.07) is 11.8. The molecular formula is C16H15BrN2OS. The first-order valence-corrected chi connectivity index (χ1v) is 8.32. The topological polar surface area (TPSA) is 48.1 Å². The van der Waals surface area contributed by atoms with E-state index in [1.807, 2.05) is 42.6 Å². The van der Waals surface area contributed by atoms with Crippen LogP contribution in [0.1, 0.15) is 17.9 Å². The highest BCUT2D eigenvalue weighted by Crippen LogP contribution is 2.31. The van der Waals surface area contributed by atoms with Crippen LogP contribution in [0.4, 0.5) is 0 Å². The SMILES string of the molecule is CC(N)C(Oc1ccc2cccnc2c1)c1cc(Br)cs1. The highest BCUT2D eigenvalue weighted by Gasteiger charge is 2.20. The minimum atomic E-state index is -0.164. The molecule has 0 aliphatic carbocycles. The number of thiophene rings is 1.